The molecule has 0 amide bonds. The molecule has 4 heteroatoms. The zero-order valence-corrected chi connectivity index (χ0v) is 8.91. The summed E-state index contributed by atoms with van der Waals surface area (Å²) in [5.74, 6) is -2.86. The van der Waals surface area contributed by atoms with Crippen LogP contribution in [0.1, 0.15) is 40.0 Å². The van der Waals surface area contributed by atoms with Gasteiger partial charge in [0, 0.05) is 0 Å². The van der Waals surface area contributed by atoms with Crippen molar-refractivity contribution in [2.24, 2.45) is 11.3 Å². The summed E-state index contributed by atoms with van der Waals surface area (Å²) in [6.07, 6.45) is 1.62. The predicted molar refractivity (Wildman–Crippen MR) is 52.1 cm³/mol. The Morgan fingerprint density at radius 3 is 1.86 bits per heavy atom. The van der Waals surface area contributed by atoms with E-state index in [9.17, 15) is 9.59 Å². The lowest BCUT2D eigenvalue weighted by Crippen LogP contribution is -2.43. The molecular weight excluding hydrogens is 184 g/mol. The van der Waals surface area contributed by atoms with Crippen molar-refractivity contribution in [3.05, 3.63) is 0 Å². The Hall–Kier alpha value is -1.06. The molecule has 0 saturated heterocycles. The van der Waals surface area contributed by atoms with Crippen molar-refractivity contribution in [2.45, 2.75) is 40.0 Å². The normalized spacial score (nSPS) is 11.7. The van der Waals surface area contributed by atoms with Gasteiger partial charge in [0.2, 0.25) is 0 Å². The van der Waals surface area contributed by atoms with E-state index in [0.29, 0.717) is 6.42 Å². The van der Waals surface area contributed by atoms with E-state index in [-0.39, 0.29) is 6.42 Å². The average molecular weight is 202 g/mol. The number of carboxylic acids is 2. The number of aliphatic carboxylic acids is 2. The third-order valence-electron chi connectivity index (χ3n) is 2.67. The van der Waals surface area contributed by atoms with E-state index in [4.69, 9.17) is 10.2 Å². The van der Waals surface area contributed by atoms with Crippen LogP contribution in [-0.2, 0) is 9.59 Å². The van der Waals surface area contributed by atoms with Crippen molar-refractivity contribution in [2.75, 3.05) is 0 Å². The maximum Gasteiger partial charge on any atom is 0.321 e. The molecule has 0 aliphatic carbocycles. The Bertz CT molecular complexity index is 206. The summed E-state index contributed by atoms with van der Waals surface area (Å²) in [7, 11) is 0. The fraction of sp³-hybridized carbons (Fsp3) is 0.800. The highest BCUT2D eigenvalue weighted by Gasteiger charge is 2.48. The summed E-state index contributed by atoms with van der Waals surface area (Å²) < 4.78 is 0. The number of unbranched alkanes of at least 4 members (excludes halogenated alkanes) is 1. The molecule has 0 rings (SSSR count). The van der Waals surface area contributed by atoms with Gasteiger partial charge in [-0.3, -0.25) is 9.59 Å². The minimum atomic E-state index is -1.62. The molecule has 0 radical (unpaired) electrons. The van der Waals surface area contributed by atoms with Gasteiger partial charge in [-0.2, -0.15) is 0 Å². The summed E-state index contributed by atoms with van der Waals surface area (Å²) in [5, 5.41) is 18.0. The molecule has 0 aromatic heterocycles. The molecule has 0 aliphatic rings. The van der Waals surface area contributed by atoms with Crippen molar-refractivity contribution in [3.63, 3.8) is 0 Å². The molecule has 0 heterocycles. The van der Waals surface area contributed by atoms with Crippen LogP contribution in [0.2, 0.25) is 0 Å². The van der Waals surface area contributed by atoms with Crippen LogP contribution in [-0.4, -0.2) is 22.2 Å². The lowest BCUT2D eigenvalue weighted by atomic mass is 9.73. The highest BCUT2D eigenvalue weighted by Crippen LogP contribution is 2.34. The van der Waals surface area contributed by atoms with E-state index in [1.807, 2.05) is 6.92 Å². The second kappa shape index (κ2) is 4.98. The van der Waals surface area contributed by atoms with Gasteiger partial charge in [0.25, 0.3) is 0 Å². The minimum absolute atomic E-state index is 0.200. The first-order chi connectivity index (χ1) is 6.39. The first kappa shape index (κ1) is 12.9. The smallest absolute Gasteiger partial charge is 0.321 e. The van der Waals surface area contributed by atoms with Crippen molar-refractivity contribution in [1.82, 2.24) is 0 Å². The van der Waals surface area contributed by atoms with Gasteiger partial charge >= 0.3 is 11.9 Å². The fourth-order valence-corrected chi connectivity index (χ4v) is 1.54. The first-order valence-corrected chi connectivity index (χ1v) is 4.86. The molecule has 0 aromatic rings. The minimum Gasteiger partial charge on any atom is -0.480 e. The van der Waals surface area contributed by atoms with E-state index in [1.165, 1.54) is 0 Å². The Morgan fingerprint density at radius 1 is 1.21 bits per heavy atom. The fourth-order valence-electron chi connectivity index (χ4n) is 1.54. The van der Waals surface area contributed by atoms with Crippen LogP contribution in [0.3, 0.4) is 0 Å². The number of carbonyl (C=O) groups is 2. The largest absolute Gasteiger partial charge is 0.480 e. The summed E-state index contributed by atoms with van der Waals surface area (Å²) in [6.45, 7) is 5.19. The van der Waals surface area contributed by atoms with Gasteiger partial charge in [-0.05, 0) is 12.3 Å². The third kappa shape index (κ3) is 2.25. The van der Waals surface area contributed by atoms with E-state index < -0.39 is 23.3 Å². The molecule has 2 N–H and O–H groups in total. The van der Waals surface area contributed by atoms with Crippen molar-refractivity contribution >= 4 is 11.9 Å². The SMILES string of the molecule is CCCCC(C(=O)O)(C(=O)O)C(C)C. The van der Waals surface area contributed by atoms with Gasteiger partial charge in [0.15, 0.2) is 5.41 Å². The Balaban J connectivity index is 4.95. The topological polar surface area (TPSA) is 74.6 Å². The second-order valence-corrected chi connectivity index (χ2v) is 3.84. The van der Waals surface area contributed by atoms with E-state index in [2.05, 4.69) is 0 Å². The van der Waals surface area contributed by atoms with Crippen LogP contribution in [0.25, 0.3) is 0 Å². The van der Waals surface area contributed by atoms with Gasteiger partial charge in [-0.15, -0.1) is 0 Å². The molecule has 82 valence electrons. The Morgan fingerprint density at radius 2 is 1.64 bits per heavy atom. The Labute approximate surface area is 83.9 Å². The molecule has 0 aromatic carbocycles. The molecule has 0 fully saturated rings. The van der Waals surface area contributed by atoms with Crippen LogP contribution < -0.4 is 0 Å². The lowest BCUT2D eigenvalue weighted by Gasteiger charge is -2.28. The maximum absolute atomic E-state index is 11.0. The van der Waals surface area contributed by atoms with Crippen molar-refractivity contribution in [3.8, 4) is 0 Å². The molecular formula is C10H18O4. The number of hydrogen-bond donors (Lipinski definition) is 2. The first-order valence-electron chi connectivity index (χ1n) is 4.86. The summed E-state index contributed by atoms with van der Waals surface area (Å²) in [6, 6.07) is 0. The van der Waals surface area contributed by atoms with Gasteiger partial charge in [-0.1, -0.05) is 33.6 Å². The quantitative estimate of drug-likeness (QED) is 0.646. The van der Waals surface area contributed by atoms with Crippen LogP contribution in [0.5, 0.6) is 0 Å². The third-order valence-corrected chi connectivity index (χ3v) is 2.67. The summed E-state index contributed by atoms with van der Waals surface area (Å²) >= 11 is 0. The molecule has 0 aliphatic heterocycles. The number of rotatable bonds is 6. The molecule has 0 bridgehead atoms. The number of carboxylic acid groups (broad SMARTS) is 2. The molecule has 0 atom stereocenters. The van der Waals surface area contributed by atoms with Crippen molar-refractivity contribution < 1.29 is 19.8 Å². The van der Waals surface area contributed by atoms with Gasteiger partial charge in [0.05, 0.1) is 0 Å². The van der Waals surface area contributed by atoms with Gasteiger partial charge < -0.3 is 10.2 Å². The van der Waals surface area contributed by atoms with Crippen LogP contribution in [0, 0.1) is 11.3 Å². The van der Waals surface area contributed by atoms with E-state index >= 15 is 0 Å². The molecule has 0 spiro atoms. The highest BCUT2D eigenvalue weighted by atomic mass is 16.4. The van der Waals surface area contributed by atoms with E-state index in [1.54, 1.807) is 13.8 Å². The maximum atomic E-state index is 11.0. The monoisotopic (exact) mass is 202 g/mol. The molecule has 0 unspecified atom stereocenters. The van der Waals surface area contributed by atoms with Crippen LogP contribution >= 0.6 is 0 Å². The second-order valence-electron chi connectivity index (χ2n) is 3.84. The highest BCUT2D eigenvalue weighted by molar-refractivity contribution is 5.98. The Kier molecular flexibility index (Phi) is 4.60. The summed E-state index contributed by atoms with van der Waals surface area (Å²) in [5.41, 5.74) is -1.62. The van der Waals surface area contributed by atoms with Crippen LogP contribution in [0.15, 0.2) is 0 Å². The predicted octanol–water partition coefficient (Wildman–Crippen LogP) is 1.99. The molecule has 4 nitrogen and oxygen atoms in total. The van der Waals surface area contributed by atoms with Crippen molar-refractivity contribution in [1.29, 1.82) is 0 Å². The van der Waals surface area contributed by atoms with Gasteiger partial charge in [0.1, 0.15) is 0 Å². The average Bonchev–Trinajstić information content (AvgIpc) is 2.03. The standard InChI is InChI=1S/C10H18O4/c1-4-5-6-10(7(2)3,8(11)12)9(13)14/h7H,4-6H2,1-3H3,(H,11,12)(H,13,14). The summed E-state index contributed by atoms with van der Waals surface area (Å²) in [4.78, 5) is 22.1. The number of hydrogen-bond acceptors (Lipinski definition) is 2. The molecule has 14 heavy (non-hydrogen) atoms. The van der Waals surface area contributed by atoms with Crippen LogP contribution in [0.4, 0.5) is 0 Å². The zero-order valence-electron chi connectivity index (χ0n) is 8.91. The zero-order chi connectivity index (χ0) is 11.4. The van der Waals surface area contributed by atoms with Gasteiger partial charge in [-0.25, -0.2) is 0 Å². The lowest BCUT2D eigenvalue weighted by molar-refractivity contribution is -0.169. The molecule has 0 saturated carbocycles. The van der Waals surface area contributed by atoms with E-state index in [0.717, 1.165) is 6.42 Å².